The van der Waals surface area contributed by atoms with E-state index < -0.39 is 55.1 Å². The minimum absolute atomic E-state index is 0.119. The summed E-state index contributed by atoms with van der Waals surface area (Å²) in [4.78, 5) is 82.6. The highest BCUT2D eigenvalue weighted by Crippen LogP contribution is 2.48. The molecule has 83 heavy (non-hydrogen) atoms. The van der Waals surface area contributed by atoms with Gasteiger partial charge in [0.15, 0.2) is 52.8 Å². The molecule has 3 saturated heterocycles. The summed E-state index contributed by atoms with van der Waals surface area (Å²) < 4.78 is 36.0. The van der Waals surface area contributed by atoms with Crippen LogP contribution >= 0.6 is 0 Å². The Labute approximate surface area is 474 Å². The summed E-state index contributed by atoms with van der Waals surface area (Å²) in [6.45, 7) is 4.60. The monoisotopic (exact) mass is 1130 g/mol. The molecule has 1 saturated carbocycles. The van der Waals surface area contributed by atoms with Crippen molar-refractivity contribution in [1.29, 1.82) is 0 Å². The average Bonchev–Trinajstić information content (AvgIpc) is 2.93. The summed E-state index contributed by atoms with van der Waals surface area (Å²) in [5.41, 5.74) is 5.30. The summed E-state index contributed by atoms with van der Waals surface area (Å²) in [6.07, 6.45) is 13.3. The van der Waals surface area contributed by atoms with E-state index in [4.69, 9.17) is 23.7 Å². The van der Waals surface area contributed by atoms with Gasteiger partial charge in [-0.25, -0.2) is 49.1 Å². The number of hydrogen-bond donors (Lipinski definition) is 6. The minimum Gasteiger partial charge on any atom is -0.478 e. The van der Waals surface area contributed by atoms with Crippen molar-refractivity contribution < 1.29 is 53.1 Å². The predicted octanol–water partition coefficient (Wildman–Crippen LogP) is 7.54. The Morgan fingerprint density at radius 3 is 1.81 bits per heavy atom. The third-order valence-electron chi connectivity index (χ3n) is 14.8. The molecule has 1 aliphatic carbocycles. The first kappa shape index (κ1) is 55.8. The topological polar surface area (TPSA) is 316 Å². The van der Waals surface area contributed by atoms with Gasteiger partial charge in [0, 0.05) is 31.0 Å². The zero-order chi connectivity index (χ0) is 57.4. The van der Waals surface area contributed by atoms with E-state index in [-0.39, 0.29) is 47.1 Å². The Balaban J connectivity index is 0.000000174. The average molecular weight is 1130 g/mol. The van der Waals surface area contributed by atoms with Gasteiger partial charge in [0.25, 0.3) is 0 Å². The summed E-state index contributed by atoms with van der Waals surface area (Å²) in [5.74, 6) is -1.26. The Morgan fingerprint density at radius 2 is 1.18 bits per heavy atom. The number of ether oxygens (including phenoxy) is 5. The van der Waals surface area contributed by atoms with E-state index >= 15 is 0 Å². The van der Waals surface area contributed by atoms with E-state index in [1.54, 1.807) is 47.8 Å². The maximum atomic E-state index is 12.2. The molecule has 0 bridgehead atoms. The number of fused-ring (bicyclic) bond motifs is 4. The Kier molecular flexibility index (Phi) is 17.0. The van der Waals surface area contributed by atoms with E-state index in [0.717, 1.165) is 30.4 Å². The number of urea groups is 2. The lowest BCUT2D eigenvalue weighted by Gasteiger charge is -2.21. The number of carbonyl (C=O) groups is 4. The molecule has 2 aromatic carbocycles. The van der Waals surface area contributed by atoms with Gasteiger partial charge in [-0.15, -0.1) is 0 Å². The minimum atomic E-state index is -1.03. The maximum Gasteiger partial charge on any atom is 0.337 e. The molecular formula is C58H60N14O11. The second kappa shape index (κ2) is 25.3. The SMILES string of the molecule is CCNC(=O)Nc1ncnc2c1ncn2C1CC(CCCc2ncccc2C(=O)O)C2O[C@H](/C=C/c3ccccc3)OC21.CCNC(=O)Nc1ncnc2c1ncn2C1OC(CCc2ncccc2C(=O)O)C2O[C@H](c3ccccc3)OC21. The van der Waals surface area contributed by atoms with Crippen molar-refractivity contribution in [3.05, 3.63) is 162 Å². The summed E-state index contributed by atoms with van der Waals surface area (Å²) in [5, 5.41) is 29.9. The molecule has 10 atom stereocenters. The van der Waals surface area contributed by atoms with Gasteiger partial charge >= 0.3 is 24.0 Å². The highest BCUT2D eigenvalue weighted by Gasteiger charge is 2.54. The van der Waals surface area contributed by atoms with Crippen molar-refractivity contribution in [3.8, 4) is 0 Å². The van der Waals surface area contributed by atoms with Crippen LogP contribution < -0.4 is 21.3 Å². The van der Waals surface area contributed by atoms with Crippen LogP contribution in [0.2, 0.25) is 0 Å². The van der Waals surface area contributed by atoms with Crippen LogP contribution in [0.5, 0.6) is 0 Å². The second-order valence-electron chi connectivity index (χ2n) is 20.0. The Bertz CT molecular complexity index is 3630. The van der Waals surface area contributed by atoms with Gasteiger partial charge in [-0.3, -0.25) is 25.2 Å². The zero-order valence-electron chi connectivity index (χ0n) is 45.2. The van der Waals surface area contributed by atoms with Crippen molar-refractivity contribution in [2.75, 3.05) is 23.7 Å². The number of carbonyl (C=O) groups excluding carboxylic acids is 2. The van der Waals surface area contributed by atoms with Crippen molar-refractivity contribution in [2.45, 2.75) is 108 Å². The first-order valence-corrected chi connectivity index (χ1v) is 27.4. The molecule has 4 aliphatic rings. The van der Waals surface area contributed by atoms with Crippen LogP contribution in [0.15, 0.2) is 129 Å². The molecule has 4 amide bonds. The number of aromatic nitrogens is 10. The number of amides is 4. The number of aryl methyl sites for hydroxylation is 2. The van der Waals surface area contributed by atoms with Crippen LogP contribution in [0.25, 0.3) is 28.4 Å². The highest BCUT2D eigenvalue weighted by molar-refractivity contribution is 5.97. The van der Waals surface area contributed by atoms with Gasteiger partial charge < -0.3 is 49.1 Å². The fourth-order valence-electron chi connectivity index (χ4n) is 11.1. The molecule has 0 radical (unpaired) electrons. The third-order valence-corrected chi connectivity index (χ3v) is 14.8. The van der Waals surface area contributed by atoms with E-state index in [9.17, 15) is 29.4 Å². The molecular weight excluding hydrogens is 1070 g/mol. The van der Waals surface area contributed by atoms with E-state index in [0.29, 0.717) is 71.9 Å². The summed E-state index contributed by atoms with van der Waals surface area (Å²) >= 11 is 0. The van der Waals surface area contributed by atoms with Crippen molar-refractivity contribution in [3.63, 3.8) is 0 Å². The van der Waals surface area contributed by atoms with Crippen LogP contribution in [-0.4, -0.2) is 133 Å². The fourth-order valence-corrected chi connectivity index (χ4v) is 11.1. The van der Waals surface area contributed by atoms with E-state index in [2.05, 4.69) is 61.1 Å². The van der Waals surface area contributed by atoms with Gasteiger partial charge in [-0.05, 0) is 94.2 Å². The smallest absolute Gasteiger partial charge is 0.337 e. The highest BCUT2D eigenvalue weighted by atomic mass is 16.8. The molecule has 3 aliphatic heterocycles. The number of nitrogens with one attached hydrogen (secondary N) is 4. The number of imidazole rings is 2. The Hall–Kier alpha value is -9.14. The number of nitrogens with zero attached hydrogens (tertiary/aromatic N) is 10. The molecule has 8 aromatic rings. The number of aromatic carboxylic acids is 2. The van der Waals surface area contributed by atoms with E-state index in [1.807, 2.05) is 91.2 Å². The number of carboxylic acid groups (broad SMARTS) is 2. The molecule has 6 aromatic heterocycles. The number of anilines is 2. The van der Waals surface area contributed by atoms with Gasteiger partial charge in [0.05, 0.1) is 53.4 Å². The number of rotatable bonds is 18. The number of benzene rings is 2. The molecule has 4 fully saturated rings. The first-order chi connectivity index (χ1) is 40.5. The Morgan fingerprint density at radius 1 is 0.602 bits per heavy atom. The van der Waals surface area contributed by atoms with Gasteiger partial charge in [-0.2, -0.15) is 0 Å². The van der Waals surface area contributed by atoms with Crippen LogP contribution in [0.4, 0.5) is 21.2 Å². The van der Waals surface area contributed by atoms with E-state index in [1.165, 1.54) is 18.7 Å². The van der Waals surface area contributed by atoms with Crippen molar-refractivity contribution >= 4 is 64.0 Å². The molecule has 25 nitrogen and oxygen atoms in total. The second-order valence-corrected chi connectivity index (χ2v) is 20.0. The van der Waals surface area contributed by atoms with Crippen LogP contribution in [0.1, 0.15) is 101 Å². The number of hydrogen-bond acceptors (Lipinski definition) is 17. The molecule has 25 heteroatoms. The number of carboxylic acids is 2. The van der Waals surface area contributed by atoms with Crippen molar-refractivity contribution in [2.24, 2.45) is 5.92 Å². The molecule has 8 unspecified atom stereocenters. The molecule has 0 spiro atoms. The first-order valence-electron chi connectivity index (χ1n) is 27.4. The van der Waals surface area contributed by atoms with Crippen LogP contribution in [0.3, 0.4) is 0 Å². The lowest BCUT2D eigenvalue weighted by atomic mass is 9.96. The fraction of sp³-hybridized carbons (Fsp3) is 0.345. The summed E-state index contributed by atoms with van der Waals surface area (Å²) in [7, 11) is 0. The van der Waals surface area contributed by atoms with Crippen LogP contribution in [-0.2, 0) is 36.5 Å². The standard InChI is InChI=1S/C31H33N7O5.C27H27N7O6/c1-2-32-31(41)37-28-25-29(35-17-34-28)38(18-36-25)23-16-20(10-6-12-22-21(30(39)40)11-7-15-33-22)26-27(23)43-24(42-26)14-13-19-8-4-3-5-9-19;1-2-28-27(37)33-22-19-23(31-13-30-22)34(14-32-19)24-21-20(39-26(40-21)15-7-4-3-5-8-15)18(38-24)11-10-17-16(25(35)36)9-6-12-29-17/h3-5,7-9,11,13-15,17-18,20,23-24,26-27H,2,6,10,12,16H2,1H3,(H,39,40)(H2,32,34,35,37,41);3-9,12-14,18,20-21,24,26H,2,10-11H2,1H3,(H,35,36)(H2,28,30,31,33,37)/b14-13+;/t20?,23?,24-,26?,27?;18?,20?,21?,24?,26-/m00/s1. The lowest BCUT2D eigenvalue weighted by Crippen LogP contribution is -2.29. The lowest BCUT2D eigenvalue weighted by molar-refractivity contribution is -0.148. The predicted molar refractivity (Wildman–Crippen MR) is 299 cm³/mol. The molecule has 6 N–H and O–H groups in total. The largest absolute Gasteiger partial charge is 0.478 e. The van der Waals surface area contributed by atoms with Gasteiger partial charge in [-0.1, -0.05) is 66.7 Å². The van der Waals surface area contributed by atoms with Gasteiger partial charge in [0.1, 0.15) is 31.0 Å². The zero-order valence-corrected chi connectivity index (χ0v) is 45.2. The van der Waals surface area contributed by atoms with Gasteiger partial charge in [0.2, 0.25) is 0 Å². The molecule has 428 valence electrons. The molecule has 9 heterocycles. The quantitative estimate of drug-likeness (QED) is 0.0483. The third kappa shape index (κ3) is 12.2. The summed E-state index contributed by atoms with van der Waals surface area (Å²) in [6, 6.07) is 25.1. The van der Waals surface area contributed by atoms with Crippen molar-refractivity contribution in [1.82, 2.24) is 59.6 Å². The maximum absolute atomic E-state index is 12.2. The van der Waals surface area contributed by atoms with Crippen LogP contribution in [0, 0.1) is 5.92 Å². The number of pyridine rings is 2. The molecule has 12 rings (SSSR count). The normalized spacial score (nSPS) is 23.3.